The Morgan fingerprint density at radius 1 is 1.31 bits per heavy atom. The molecule has 1 heterocycles. The molecule has 0 radical (unpaired) electrons. The van der Waals surface area contributed by atoms with Gasteiger partial charge in [0.2, 0.25) is 0 Å². The highest BCUT2D eigenvalue weighted by Crippen LogP contribution is 2.58. The molecule has 0 spiro atoms. The first-order valence-corrected chi connectivity index (χ1v) is 7.15. The minimum absolute atomic E-state index is 0.398. The van der Waals surface area contributed by atoms with Crippen LogP contribution in [-0.2, 0) is 0 Å². The number of hydrogen-bond donors (Lipinski definition) is 1. The van der Waals surface area contributed by atoms with Crippen LogP contribution in [0.2, 0.25) is 0 Å². The van der Waals surface area contributed by atoms with Gasteiger partial charge in [-0.2, -0.15) is 11.8 Å². The van der Waals surface area contributed by atoms with E-state index in [0.717, 1.165) is 12.2 Å². The van der Waals surface area contributed by atoms with E-state index in [0.29, 0.717) is 17.1 Å². The summed E-state index contributed by atoms with van der Waals surface area (Å²) in [6.45, 7) is 2.18. The Bertz CT molecular complexity index is 378. The molecule has 0 aromatic heterocycles. The summed E-state index contributed by atoms with van der Waals surface area (Å²) < 4.78 is 0. The van der Waals surface area contributed by atoms with Crippen molar-refractivity contribution in [2.45, 2.75) is 36.5 Å². The second-order valence-electron chi connectivity index (χ2n) is 5.11. The standard InChI is InChI=1S/C14H18OS/c1-10-14(15,7-8-16-10)13-9-12(13)11-5-3-2-4-6-11/h2-6,10,12-13,15H,7-9H2,1H3. The number of thioether (sulfide) groups is 1. The Morgan fingerprint density at radius 2 is 2.06 bits per heavy atom. The zero-order valence-electron chi connectivity index (χ0n) is 9.60. The molecule has 2 aliphatic rings. The second kappa shape index (κ2) is 3.78. The Hall–Kier alpha value is -0.470. The van der Waals surface area contributed by atoms with E-state index in [1.807, 2.05) is 11.8 Å². The van der Waals surface area contributed by atoms with E-state index in [4.69, 9.17) is 0 Å². The van der Waals surface area contributed by atoms with Crippen LogP contribution in [0, 0.1) is 5.92 Å². The van der Waals surface area contributed by atoms with Crippen LogP contribution in [-0.4, -0.2) is 21.7 Å². The van der Waals surface area contributed by atoms with E-state index < -0.39 is 5.60 Å². The Labute approximate surface area is 101 Å². The summed E-state index contributed by atoms with van der Waals surface area (Å²) in [5.41, 5.74) is 1.01. The highest BCUT2D eigenvalue weighted by Gasteiger charge is 2.56. The topological polar surface area (TPSA) is 20.2 Å². The molecule has 0 amide bonds. The third-order valence-electron chi connectivity index (χ3n) is 4.23. The molecule has 1 aliphatic carbocycles. The molecular weight excluding hydrogens is 216 g/mol. The van der Waals surface area contributed by atoms with Crippen LogP contribution in [0.5, 0.6) is 0 Å². The molecule has 1 N–H and O–H groups in total. The quantitative estimate of drug-likeness (QED) is 0.848. The van der Waals surface area contributed by atoms with Crippen LogP contribution in [0.25, 0.3) is 0 Å². The molecule has 2 fully saturated rings. The van der Waals surface area contributed by atoms with Gasteiger partial charge in [0.1, 0.15) is 0 Å². The molecule has 1 aromatic carbocycles. The van der Waals surface area contributed by atoms with Crippen LogP contribution < -0.4 is 0 Å². The molecule has 1 saturated heterocycles. The molecule has 0 bridgehead atoms. The SMILES string of the molecule is CC1SCCC1(O)C1CC1c1ccccc1. The average molecular weight is 234 g/mol. The molecule has 16 heavy (non-hydrogen) atoms. The van der Waals surface area contributed by atoms with Crippen molar-refractivity contribution in [2.75, 3.05) is 5.75 Å². The normalized spacial score (nSPS) is 42.2. The fraction of sp³-hybridized carbons (Fsp3) is 0.571. The van der Waals surface area contributed by atoms with Crippen molar-refractivity contribution >= 4 is 11.8 Å². The molecule has 1 aromatic rings. The zero-order chi connectivity index (χ0) is 11.2. The maximum absolute atomic E-state index is 10.7. The minimum atomic E-state index is -0.398. The predicted octanol–water partition coefficient (Wildman–Crippen LogP) is 3.05. The van der Waals surface area contributed by atoms with Crippen molar-refractivity contribution in [3.05, 3.63) is 35.9 Å². The molecule has 1 aliphatic heterocycles. The summed E-state index contributed by atoms with van der Waals surface area (Å²) >= 11 is 1.92. The van der Waals surface area contributed by atoms with Gasteiger partial charge in [-0.05, 0) is 36.0 Å². The zero-order valence-corrected chi connectivity index (χ0v) is 10.4. The number of aliphatic hydroxyl groups is 1. The maximum atomic E-state index is 10.7. The van der Waals surface area contributed by atoms with Crippen LogP contribution in [0.15, 0.2) is 30.3 Å². The molecule has 4 atom stereocenters. The first-order valence-electron chi connectivity index (χ1n) is 6.11. The van der Waals surface area contributed by atoms with Crippen molar-refractivity contribution < 1.29 is 5.11 Å². The predicted molar refractivity (Wildman–Crippen MR) is 68.8 cm³/mol. The van der Waals surface area contributed by atoms with E-state index in [1.54, 1.807) is 0 Å². The van der Waals surface area contributed by atoms with Gasteiger partial charge < -0.3 is 5.11 Å². The fourth-order valence-electron chi connectivity index (χ4n) is 3.05. The largest absolute Gasteiger partial charge is 0.388 e. The van der Waals surface area contributed by atoms with Gasteiger partial charge in [-0.25, -0.2) is 0 Å². The molecule has 86 valence electrons. The summed E-state index contributed by atoms with van der Waals surface area (Å²) in [5, 5.41) is 11.1. The van der Waals surface area contributed by atoms with Gasteiger partial charge in [0.25, 0.3) is 0 Å². The van der Waals surface area contributed by atoms with Crippen molar-refractivity contribution in [1.29, 1.82) is 0 Å². The Balaban J connectivity index is 1.77. The lowest BCUT2D eigenvalue weighted by atomic mass is 9.89. The van der Waals surface area contributed by atoms with Gasteiger partial charge in [0.05, 0.1) is 5.60 Å². The third kappa shape index (κ3) is 1.59. The Kier molecular flexibility index (Phi) is 2.52. The number of benzene rings is 1. The van der Waals surface area contributed by atoms with Crippen molar-refractivity contribution in [1.82, 2.24) is 0 Å². The molecule has 1 saturated carbocycles. The Morgan fingerprint density at radius 3 is 2.69 bits per heavy atom. The summed E-state index contributed by atoms with van der Waals surface area (Å²) in [6.07, 6.45) is 2.15. The van der Waals surface area contributed by atoms with E-state index >= 15 is 0 Å². The fourth-order valence-corrected chi connectivity index (χ4v) is 4.43. The third-order valence-corrected chi connectivity index (χ3v) is 5.58. The van der Waals surface area contributed by atoms with Gasteiger partial charge in [0, 0.05) is 5.25 Å². The van der Waals surface area contributed by atoms with Crippen molar-refractivity contribution in [2.24, 2.45) is 5.92 Å². The van der Waals surface area contributed by atoms with E-state index in [-0.39, 0.29) is 0 Å². The summed E-state index contributed by atoms with van der Waals surface area (Å²) in [6, 6.07) is 10.6. The molecule has 4 unspecified atom stereocenters. The molecule has 3 rings (SSSR count). The second-order valence-corrected chi connectivity index (χ2v) is 6.56. The lowest BCUT2D eigenvalue weighted by Crippen LogP contribution is -2.37. The number of rotatable bonds is 2. The monoisotopic (exact) mass is 234 g/mol. The van der Waals surface area contributed by atoms with Crippen molar-refractivity contribution in [3.8, 4) is 0 Å². The minimum Gasteiger partial charge on any atom is -0.388 e. The van der Waals surface area contributed by atoms with E-state index in [2.05, 4.69) is 37.3 Å². The molecule has 1 nitrogen and oxygen atoms in total. The maximum Gasteiger partial charge on any atom is 0.0805 e. The van der Waals surface area contributed by atoms with Gasteiger partial charge in [-0.3, -0.25) is 0 Å². The van der Waals surface area contributed by atoms with Crippen LogP contribution in [0.3, 0.4) is 0 Å². The molecule has 2 heteroatoms. The smallest absolute Gasteiger partial charge is 0.0805 e. The van der Waals surface area contributed by atoms with Crippen LogP contribution >= 0.6 is 11.8 Å². The average Bonchev–Trinajstić information content (AvgIpc) is 3.04. The first-order chi connectivity index (χ1) is 7.72. The van der Waals surface area contributed by atoms with Crippen molar-refractivity contribution in [3.63, 3.8) is 0 Å². The molecular formula is C14H18OS. The lowest BCUT2D eigenvalue weighted by Gasteiger charge is -2.27. The first kappa shape index (κ1) is 10.7. The lowest BCUT2D eigenvalue weighted by molar-refractivity contribution is 0.0212. The van der Waals surface area contributed by atoms with E-state index in [9.17, 15) is 5.11 Å². The van der Waals surface area contributed by atoms with Crippen LogP contribution in [0.4, 0.5) is 0 Å². The van der Waals surface area contributed by atoms with E-state index in [1.165, 1.54) is 12.0 Å². The summed E-state index contributed by atoms with van der Waals surface area (Å²) in [4.78, 5) is 0. The van der Waals surface area contributed by atoms with Gasteiger partial charge in [0.15, 0.2) is 0 Å². The number of hydrogen-bond acceptors (Lipinski definition) is 2. The summed E-state index contributed by atoms with van der Waals surface area (Å²) in [7, 11) is 0. The highest BCUT2D eigenvalue weighted by atomic mass is 32.2. The van der Waals surface area contributed by atoms with Crippen LogP contribution in [0.1, 0.15) is 31.2 Å². The van der Waals surface area contributed by atoms with Gasteiger partial charge in [-0.1, -0.05) is 37.3 Å². The highest BCUT2D eigenvalue weighted by molar-refractivity contribution is 8.00. The summed E-state index contributed by atoms with van der Waals surface area (Å²) in [5.74, 6) is 2.22. The van der Waals surface area contributed by atoms with Gasteiger partial charge in [-0.15, -0.1) is 0 Å². The van der Waals surface area contributed by atoms with Gasteiger partial charge >= 0.3 is 0 Å².